The number of carbonyl (C=O) groups is 2. The van der Waals surface area contributed by atoms with E-state index in [1.54, 1.807) is 29.2 Å². The molecule has 1 aliphatic rings. The number of hydrogen-bond acceptors (Lipinski definition) is 6. The number of nitrogens with zero attached hydrogens (tertiary/aromatic N) is 4. The lowest BCUT2D eigenvalue weighted by Gasteiger charge is -2.21. The van der Waals surface area contributed by atoms with Gasteiger partial charge in [-0.1, -0.05) is 18.2 Å². The quantitative estimate of drug-likeness (QED) is 0.463. The van der Waals surface area contributed by atoms with E-state index in [0.29, 0.717) is 29.6 Å². The van der Waals surface area contributed by atoms with E-state index in [0.717, 1.165) is 11.8 Å². The number of carbonyl (C=O) groups excluding carboxylic acids is 2. The molecule has 0 radical (unpaired) electrons. The molecule has 2 heterocycles. The molecule has 0 saturated heterocycles. The maximum absolute atomic E-state index is 13.1. The van der Waals surface area contributed by atoms with E-state index in [2.05, 4.69) is 9.98 Å². The summed E-state index contributed by atoms with van der Waals surface area (Å²) < 4.78 is 13.1. The maximum atomic E-state index is 13.1. The smallest absolute Gasteiger partial charge is 0.309 e. The van der Waals surface area contributed by atoms with Crippen molar-refractivity contribution < 1.29 is 18.9 Å². The predicted molar refractivity (Wildman–Crippen MR) is 112 cm³/mol. The number of benzene rings is 2. The van der Waals surface area contributed by atoms with Gasteiger partial charge in [0.25, 0.3) is 5.91 Å². The van der Waals surface area contributed by atoms with Gasteiger partial charge in [-0.15, -0.1) is 0 Å². The topological polar surface area (TPSA) is 106 Å². The Labute approximate surface area is 176 Å². The van der Waals surface area contributed by atoms with Crippen molar-refractivity contribution in [2.75, 3.05) is 6.54 Å². The van der Waals surface area contributed by atoms with Crippen LogP contribution in [0.4, 0.5) is 10.1 Å². The molecular formula is C22H17FN4O4. The number of ketones is 1. The van der Waals surface area contributed by atoms with Crippen molar-refractivity contribution in [3.05, 3.63) is 81.3 Å². The van der Waals surface area contributed by atoms with Crippen molar-refractivity contribution in [1.82, 2.24) is 9.88 Å². The highest BCUT2D eigenvalue weighted by molar-refractivity contribution is 6.18. The predicted octanol–water partition coefficient (Wildman–Crippen LogP) is 3.58. The summed E-state index contributed by atoms with van der Waals surface area (Å²) in [6, 6.07) is 9.17. The minimum atomic E-state index is -1.50. The SMILES string of the molecule is CCN(Cc1ccc(F)cc1)C(=O)c1cnc2c3c(ccc2c1)C(=O)C([N+](=O)[O-])C=N3. The van der Waals surface area contributed by atoms with Crippen LogP contribution in [-0.4, -0.2) is 45.3 Å². The maximum Gasteiger partial charge on any atom is 0.309 e. The van der Waals surface area contributed by atoms with E-state index in [-0.39, 0.29) is 23.0 Å². The lowest BCUT2D eigenvalue weighted by Crippen LogP contribution is -2.33. The number of fused-ring (bicyclic) bond motifs is 3. The number of aliphatic imine (C=N–C) groups is 1. The Morgan fingerprint density at radius 2 is 1.97 bits per heavy atom. The van der Waals surface area contributed by atoms with E-state index < -0.39 is 16.7 Å². The van der Waals surface area contributed by atoms with Gasteiger partial charge < -0.3 is 4.90 Å². The van der Waals surface area contributed by atoms with Crippen molar-refractivity contribution in [3.8, 4) is 0 Å². The third-order valence-corrected chi connectivity index (χ3v) is 5.13. The van der Waals surface area contributed by atoms with Crippen LogP contribution in [0, 0.1) is 15.9 Å². The third-order valence-electron chi connectivity index (χ3n) is 5.13. The Hall–Kier alpha value is -4.01. The van der Waals surface area contributed by atoms with Gasteiger partial charge in [0.2, 0.25) is 5.78 Å². The molecule has 2 aromatic carbocycles. The average Bonchev–Trinajstić information content (AvgIpc) is 2.77. The molecule has 1 unspecified atom stereocenters. The normalized spacial score (nSPS) is 15.0. The van der Waals surface area contributed by atoms with Crippen LogP contribution in [-0.2, 0) is 6.54 Å². The molecule has 31 heavy (non-hydrogen) atoms. The molecule has 1 atom stereocenters. The molecule has 0 bridgehead atoms. The molecule has 0 saturated carbocycles. The Balaban J connectivity index is 1.65. The van der Waals surface area contributed by atoms with Crippen molar-refractivity contribution in [2.24, 2.45) is 4.99 Å². The van der Waals surface area contributed by atoms with Gasteiger partial charge in [-0.2, -0.15) is 0 Å². The Kier molecular flexibility index (Phi) is 5.24. The number of rotatable bonds is 5. The van der Waals surface area contributed by atoms with E-state index in [4.69, 9.17) is 0 Å². The highest BCUT2D eigenvalue weighted by Crippen LogP contribution is 2.32. The van der Waals surface area contributed by atoms with Crippen LogP contribution in [0.2, 0.25) is 0 Å². The summed E-state index contributed by atoms with van der Waals surface area (Å²) in [6.45, 7) is 2.61. The van der Waals surface area contributed by atoms with Gasteiger partial charge in [-0.25, -0.2) is 4.39 Å². The molecule has 1 amide bonds. The number of halogens is 1. The minimum absolute atomic E-state index is 0.134. The van der Waals surface area contributed by atoms with Crippen molar-refractivity contribution >= 4 is 34.5 Å². The Bertz CT molecular complexity index is 1240. The largest absolute Gasteiger partial charge is 0.335 e. The molecule has 0 spiro atoms. The highest BCUT2D eigenvalue weighted by atomic mass is 19.1. The van der Waals surface area contributed by atoms with Gasteiger partial charge in [0, 0.05) is 29.6 Å². The zero-order chi connectivity index (χ0) is 22.1. The number of hydrogen-bond donors (Lipinski definition) is 0. The van der Waals surface area contributed by atoms with Gasteiger partial charge in [0.1, 0.15) is 11.5 Å². The van der Waals surface area contributed by atoms with E-state index >= 15 is 0 Å². The zero-order valence-electron chi connectivity index (χ0n) is 16.5. The zero-order valence-corrected chi connectivity index (χ0v) is 16.5. The molecule has 1 aromatic heterocycles. The van der Waals surface area contributed by atoms with Crippen molar-refractivity contribution in [3.63, 3.8) is 0 Å². The average molecular weight is 420 g/mol. The lowest BCUT2D eigenvalue weighted by atomic mass is 9.98. The van der Waals surface area contributed by atoms with Crippen LogP contribution < -0.4 is 0 Å². The van der Waals surface area contributed by atoms with Gasteiger partial charge in [0.05, 0.1) is 22.9 Å². The highest BCUT2D eigenvalue weighted by Gasteiger charge is 2.34. The molecule has 1 aliphatic heterocycles. The summed E-state index contributed by atoms with van der Waals surface area (Å²) in [5, 5.41) is 11.6. The molecule has 0 N–H and O–H groups in total. The molecule has 4 rings (SSSR count). The molecule has 9 heteroatoms. The number of amides is 1. The molecule has 156 valence electrons. The van der Waals surface area contributed by atoms with Gasteiger partial charge in [-0.05, 0) is 36.8 Å². The van der Waals surface area contributed by atoms with E-state index in [1.165, 1.54) is 24.4 Å². The second kappa shape index (κ2) is 8.02. The van der Waals surface area contributed by atoms with E-state index in [1.807, 2.05) is 6.92 Å². The Morgan fingerprint density at radius 3 is 2.65 bits per heavy atom. The van der Waals surface area contributed by atoms with Crippen LogP contribution in [0.25, 0.3) is 10.9 Å². The fraction of sp³-hybridized carbons (Fsp3) is 0.182. The van der Waals surface area contributed by atoms with Crippen LogP contribution >= 0.6 is 0 Å². The van der Waals surface area contributed by atoms with E-state index in [9.17, 15) is 24.1 Å². The van der Waals surface area contributed by atoms with Gasteiger partial charge in [-0.3, -0.25) is 29.7 Å². The molecule has 0 fully saturated rings. The Morgan fingerprint density at radius 1 is 1.23 bits per heavy atom. The summed E-state index contributed by atoms with van der Waals surface area (Å²) in [5.41, 5.74) is 1.94. The molecular weight excluding hydrogens is 403 g/mol. The summed E-state index contributed by atoms with van der Waals surface area (Å²) in [7, 11) is 0. The lowest BCUT2D eigenvalue weighted by molar-refractivity contribution is -0.485. The number of Topliss-reactive ketones (excluding diaryl/α,β-unsaturated/α-hetero) is 1. The fourth-order valence-electron chi connectivity index (χ4n) is 3.48. The summed E-state index contributed by atoms with van der Waals surface area (Å²) in [6.07, 6.45) is 2.41. The first-order valence-corrected chi connectivity index (χ1v) is 9.57. The van der Waals surface area contributed by atoms with Crippen molar-refractivity contribution in [2.45, 2.75) is 19.5 Å². The van der Waals surface area contributed by atoms with Crippen LogP contribution in [0.5, 0.6) is 0 Å². The first-order chi connectivity index (χ1) is 14.9. The fourth-order valence-corrected chi connectivity index (χ4v) is 3.48. The van der Waals surface area contributed by atoms with Gasteiger partial charge >= 0.3 is 6.04 Å². The van der Waals surface area contributed by atoms with Crippen LogP contribution in [0.1, 0.15) is 33.2 Å². The first kappa shape index (κ1) is 20.3. The second-order valence-electron chi connectivity index (χ2n) is 7.08. The summed E-state index contributed by atoms with van der Waals surface area (Å²) in [5.74, 6) is -1.23. The summed E-state index contributed by atoms with van der Waals surface area (Å²) >= 11 is 0. The third kappa shape index (κ3) is 3.77. The number of aromatic nitrogens is 1. The monoisotopic (exact) mass is 420 g/mol. The molecule has 3 aromatic rings. The van der Waals surface area contributed by atoms with Crippen molar-refractivity contribution in [1.29, 1.82) is 0 Å². The number of pyridine rings is 1. The molecule has 8 nitrogen and oxygen atoms in total. The van der Waals surface area contributed by atoms with Gasteiger partial charge in [0.15, 0.2) is 0 Å². The molecule has 0 aliphatic carbocycles. The van der Waals surface area contributed by atoms with Crippen LogP contribution in [0.15, 0.2) is 53.7 Å². The summed E-state index contributed by atoms with van der Waals surface area (Å²) in [4.78, 5) is 45.7. The minimum Gasteiger partial charge on any atom is -0.335 e. The number of nitro groups is 1. The standard InChI is InChI=1S/C22H17FN4O4/c1-2-26(12-13-3-6-16(23)7-4-13)22(29)15-9-14-5-8-17-20(19(14)24-10-15)25-11-18(21(17)28)27(30)31/h3-11,18H,2,12H2,1H3. The first-order valence-electron chi connectivity index (χ1n) is 9.57. The second-order valence-corrected chi connectivity index (χ2v) is 7.08. The van der Waals surface area contributed by atoms with Crippen LogP contribution in [0.3, 0.4) is 0 Å².